The zero-order valence-electron chi connectivity index (χ0n) is 17.6. The van der Waals surface area contributed by atoms with Crippen molar-refractivity contribution in [2.45, 2.75) is 46.1 Å². The highest BCUT2D eigenvalue weighted by molar-refractivity contribution is 5.79. The van der Waals surface area contributed by atoms with E-state index in [-0.39, 0.29) is 23.9 Å². The number of likely N-dealkylation sites (tertiary alicyclic amines) is 1. The van der Waals surface area contributed by atoms with Gasteiger partial charge in [-0.2, -0.15) is 0 Å². The number of hydrogen-bond acceptors (Lipinski definition) is 3. The van der Waals surface area contributed by atoms with E-state index in [1.807, 2.05) is 30.0 Å². The quantitative estimate of drug-likeness (QED) is 0.683. The van der Waals surface area contributed by atoms with E-state index < -0.39 is 0 Å². The highest BCUT2D eigenvalue weighted by Gasteiger charge is 2.27. The first-order valence-electron chi connectivity index (χ1n) is 10.7. The van der Waals surface area contributed by atoms with Gasteiger partial charge in [-0.05, 0) is 37.9 Å². The Kier molecular flexibility index (Phi) is 9.28. The molecule has 0 bridgehead atoms. The minimum Gasteiger partial charge on any atom is -0.356 e. The maximum atomic E-state index is 12.7. The monoisotopic (exact) mass is 388 g/mol. The van der Waals surface area contributed by atoms with Crippen molar-refractivity contribution in [2.24, 2.45) is 5.92 Å². The number of carbonyl (C=O) groups excluding carboxylic acids is 2. The zero-order valence-corrected chi connectivity index (χ0v) is 17.6. The van der Waals surface area contributed by atoms with Gasteiger partial charge in [0, 0.05) is 32.1 Å². The van der Waals surface area contributed by atoms with E-state index in [9.17, 15) is 9.59 Å². The minimum atomic E-state index is -0.0273. The van der Waals surface area contributed by atoms with Crippen molar-refractivity contribution in [1.82, 2.24) is 20.4 Å². The van der Waals surface area contributed by atoms with Crippen LogP contribution >= 0.6 is 0 Å². The fraction of sp³-hybridized carbons (Fsp3) is 0.636. The number of rotatable bonds is 9. The fourth-order valence-electron chi connectivity index (χ4n) is 3.83. The molecule has 1 aromatic rings. The summed E-state index contributed by atoms with van der Waals surface area (Å²) in [7, 11) is 0. The number of benzene rings is 1. The Morgan fingerprint density at radius 3 is 2.29 bits per heavy atom. The molecule has 0 saturated carbocycles. The molecular formula is C22H36N4O2. The number of carbonyl (C=O) groups is 2. The molecule has 6 heteroatoms. The van der Waals surface area contributed by atoms with Gasteiger partial charge in [0.1, 0.15) is 0 Å². The van der Waals surface area contributed by atoms with Gasteiger partial charge in [-0.25, -0.2) is 4.79 Å². The Balaban J connectivity index is 1.87. The topological polar surface area (TPSA) is 64.7 Å². The predicted octanol–water partition coefficient (Wildman–Crippen LogP) is 3.02. The zero-order chi connectivity index (χ0) is 20.4. The van der Waals surface area contributed by atoms with E-state index in [1.165, 1.54) is 5.56 Å². The van der Waals surface area contributed by atoms with Crippen molar-refractivity contribution in [3.63, 3.8) is 0 Å². The molecule has 6 nitrogen and oxygen atoms in total. The Morgan fingerprint density at radius 1 is 1.07 bits per heavy atom. The fourth-order valence-corrected chi connectivity index (χ4v) is 3.83. The number of nitrogens with zero attached hydrogens (tertiary/aromatic N) is 2. The maximum absolute atomic E-state index is 12.7. The van der Waals surface area contributed by atoms with Crippen molar-refractivity contribution >= 4 is 11.9 Å². The van der Waals surface area contributed by atoms with Gasteiger partial charge in [-0.3, -0.25) is 9.69 Å². The van der Waals surface area contributed by atoms with Crippen molar-refractivity contribution in [1.29, 1.82) is 0 Å². The first-order valence-corrected chi connectivity index (χ1v) is 10.7. The van der Waals surface area contributed by atoms with Crippen LogP contribution in [0.5, 0.6) is 0 Å². The van der Waals surface area contributed by atoms with Gasteiger partial charge in [0.15, 0.2) is 0 Å². The van der Waals surface area contributed by atoms with Crippen LogP contribution in [0.15, 0.2) is 30.3 Å². The van der Waals surface area contributed by atoms with Gasteiger partial charge in [-0.1, -0.05) is 51.1 Å². The highest BCUT2D eigenvalue weighted by Crippen LogP contribution is 2.21. The molecule has 3 amide bonds. The van der Waals surface area contributed by atoms with Gasteiger partial charge in [-0.15, -0.1) is 0 Å². The Morgan fingerprint density at radius 2 is 1.71 bits per heavy atom. The van der Waals surface area contributed by atoms with Crippen molar-refractivity contribution in [3.05, 3.63) is 35.9 Å². The molecule has 2 rings (SSSR count). The van der Waals surface area contributed by atoms with Gasteiger partial charge >= 0.3 is 6.03 Å². The average molecular weight is 389 g/mol. The number of hydrogen-bond donors (Lipinski definition) is 2. The molecule has 1 unspecified atom stereocenters. The Hall–Kier alpha value is -2.08. The second-order valence-corrected chi connectivity index (χ2v) is 7.39. The molecule has 156 valence electrons. The second-order valence-electron chi connectivity index (χ2n) is 7.39. The third kappa shape index (κ3) is 6.23. The SMILES string of the molecule is CCCNC(=O)C1CCN(C(=O)NCC(c2ccccc2)N(CC)CC)CC1. The largest absolute Gasteiger partial charge is 0.356 e. The van der Waals surface area contributed by atoms with E-state index in [1.54, 1.807) is 0 Å². The maximum Gasteiger partial charge on any atom is 0.317 e. The molecule has 1 aromatic carbocycles. The van der Waals surface area contributed by atoms with Crippen LogP contribution in [0.3, 0.4) is 0 Å². The van der Waals surface area contributed by atoms with E-state index >= 15 is 0 Å². The Labute approximate surface area is 169 Å². The summed E-state index contributed by atoms with van der Waals surface area (Å²) in [6.07, 6.45) is 2.42. The smallest absolute Gasteiger partial charge is 0.317 e. The normalized spacial score (nSPS) is 16.1. The van der Waals surface area contributed by atoms with E-state index in [4.69, 9.17) is 0 Å². The van der Waals surface area contributed by atoms with Gasteiger partial charge < -0.3 is 15.5 Å². The number of nitrogens with one attached hydrogen (secondary N) is 2. The predicted molar refractivity (Wildman–Crippen MR) is 113 cm³/mol. The van der Waals surface area contributed by atoms with Crippen LogP contribution in [-0.2, 0) is 4.79 Å². The van der Waals surface area contributed by atoms with Gasteiger partial charge in [0.25, 0.3) is 0 Å². The van der Waals surface area contributed by atoms with E-state index in [0.717, 1.165) is 38.9 Å². The lowest BCUT2D eigenvalue weighted by Crippen LogP contribution is -2.48. The molecule has 2 N–H and O–H groups in total. The molecule has 1 atom stereocenters. The van der Waals surface area contributed by atoms with Crippen LogP contribution in [-0.4, -0.2) is 61.0 Å². The number of amides is 3. The molecular weight excluding hydrogens is 352 g/mol. The third-order valence-electron chi connectivity index (χ3n) is 5.59. The molecule has 1 fully saturated rings. The van der Waals surface area contributed by atoms with Gasteiger partial charge in [0.05, 0.1) is 6.04 Å². The van der Waals surface area contributed by atoms with Crippen LogP contribution in [0.4, 0.5) is 4.79 Å². The minimum absolute atomic E-state index is 0.0273. The molecule has 1 aliphatic heterocycles. The lowest BCUT2D eigenvalue weighted by atomic mass is 9.96. The first kappa shape index (κ1) is 22.2. The van der Waals surface area contributed by atoms with Crippen LogP contribution < -0.4 is 10.6 Å². The summed E-state index contributed by atoms with van der Waals surface area (Å²) >= 11 is 0. The van der Waals surface area contributed by atoms with Crippen molar-refractivity contribution < 1.29 is 9.59 Å². The van der Waals surface area contributed by atoms with Crippen LogP contribution in [0, 0.1) is 5.92 Å². The average Bonchev–Trinajstić information content (AvgIpc) is 2.75. The first-order chi connectivity index (χ1) is 13.6. The lowest BCUT2D eigenvalue weighted by Gasteiger charge is -2.34. The standard InChI is InChI=1S/C22H36N4O2/c1-4-14-23-21(27)19-12-15-26(16-13-19)22(28)24-17-20(25(5-2)6-3)18-10-8-7-9-11-18/h7-11,19-20H,4-6,12-17H2,1-3H3,(H,23,27)(H,24,28). The summed E-state index contributed by atoms with van der Waals surface area (Å²) in [6.45, 7) is 10.8. The van der Waals surface area contributed by atoms with E-state index in [2.05, 4.69) is 41.5 Å². The lowest BCUT2D eigenvalue weighted by molar-refractivity contribution is -0.126. The number of urea groups is 1. The Bertz CT molecular complexity index is 596. The molecule has 0 radical (unpaired) electrons. The molecule has 1 saturated heterocycles. The van der Waals surface area contributed by atoms with Crippen LogP contribution in [0.25, 0.3) is 0 Å². The molecule has 1 aliphatic rings. The van der Waals surface area contributed by atoms with Crippen LogP contribution in [0.2, 0.25) is 0 Å². The number of piperidine rings is 1. The third-order valence-corrected chi connectivity index (χ3v) is 5.59. The number of likely N-dealkylation sites (N-methyl/N-ethyl adjacent to an activating group) is 1. The summed E-state index contributed by atoms with van der Waals surface area (Å²) in [6, 6.07) is 10.5. The van der Waals surface area contributed by atoms with Gasteiger partial charge in [0.2, 0.25) is 5.91 Å². The van der Waals surface area contributed by atoms with Crippen molar-refractivity contribution in [2.75, 3.05) is 39.3 Å². The highest BCUT2D eigenvalue weighted by atomic mass is 16.2. The summed E-state index contributed by atoms with van der Waals surface area (Å²) in [5, 5.41) is 6.09. The summed E-state index contributed by atoms with van der Waals surface area (Å²) in [5.41, 5.74) is 1.22. The molecule has 1 heterocycles. The second kappa shape index (κ2) is 11.7. The van der Waals surface area contributed by atoms with E-state index in [0.29, 0.717) is 19.6 Å². The van der Waals surface area contributed by atoms with Crippen molar-refractivity contribution in [3.8, 4) is 0 Å². The van der Waals surface area contributed by atoms with Crippen LogP contribution in [0.1, 0.15) is 51.6 Å². The molecule has 0 aromatic heterocycles. The summed E-state index contributed by atoms with van der Waals surface area (Å²) in [4.78, 5) is 29.0. The molecule has 0 aliphatic carbocycles. The summed E-state index contributed by atoms with van der Waals surface area (Å²) in [5.74, 6) is 0.163. The molecule has 0 spiro atoms. The summed E-state index contributed by atoms with van der Waals surface area (Å²) < 4.78 is 0. The molecule has 28 heavy (non-hydrogen) atoms.